The minimum Gasteiger partial charge on any atom is -0.402 e. The third-order valence-corrected chi connectivity index (χ3v) is 2.62. The number of rotatable bonds is 2. The van der Waals surface area contributed by atoms with Crippen molar-refractivity contribution in [1.29, 1.82) is 0 Å². The maximum absolute atomic E-state index is 5.76. The van der Waals surface area contributed by atoms with Gasteiger partial charge in [-0.1, -0.05) is 38.2 Å². The Morgan fingerprint density at radius 1 is 1.36 bits per heavy atom. The Balaban J connectivity index is 2.24. The second kappa shape index (κ2) is 4.42. The van der Waals surface area contributed by atoms with E-state index in [0.29, 0.717) is 0 Å². The summed E-state index contributed by atoms with van der Waals surface area (Å²) in [6.07, 6.45) is 10.2. The van der Waals surface area contributed by atoms with Crippen molar-refractivity contribution < 1.29 is 0 Å². The molecule has 0 spiro atoms. The van der Waals surface area contributed by atoms with Gasteiger partial charge in [0.1, 0.15) is 0 Å². The van der Waals surface area contributed by atoms with Crippen LogP contribution in [0.2, 0.25) is 0 Å². The lowest BCUT2D eigenvalue weighted by atomic mass is 9.86. The molecule has 0 aromatic rings. The topological polar surface area (TPSA) is 26.0 Å². The molecule has 0 saturated heterocycles. The van der Waals surface area contributed by atoms with Crippen molar-refractivity contribution in [2.24, 2.45) is 11.7 Å². The summed E-state index contributed by atoms with van der Waals surface area (Å²) < 4.78 is 0. The minimum atomic E-state index is 0.889. The highest BCUT2D eigenvalue weighted by Crippen LogP contribution is 2.27. The van der Waals surface area contributed by atoms with E-state index in [9.17, 15) is 0 Å². The standard InChI is InChI=1S/C10H19N/c1-2-10(11)8-9-6-4-3-5-7-9/h2,9H,3-8,11H2,1H3/b10-2-. The fourth-order valence-electron chi connectivity index (χ4n) is 1.84. The molecule has 64 valence electrons. The Hall–Kier alpha value is -0.460. The number of nitrogens with two attached hydrogens (primary N) is 1. The van der Waals surface area contributed by atoms with Gasteiger partial charge in [0.05, 0.1) is 0 Å². The molecular formula is C10H19N. The number of hydrogen-bond donors (Lipinski definition) is 1. The maximum atomic E-state index is 5.76. The predicted octanol–water partition coefficient (Wildman–Crippen LogP) is 2.82. The molecule has 0 amide bonds. The van der Waals surface area contributed by atoms with Crippen molar-refractivity contribution in [1.82, 2.24) is 0 Å². The molecule has 2 N–H and O–H groups in total. The van der Waals surface area contributed by atoms with Crippen LogP contribution in [-0.2, 0) is 0 Å². The van der Waals surface area contributed by atoms with Gasteiger partial charge in [-0.15, -0.1) is 0 Å². The van der Waals surface area contributed by atoms with E-state index >= 15 is 0 Å². The van der Waals surface area contributed by atoms with E-state index < -0.39 is 0 Å². The molecule has 0 radical (unpaired) electrons. The van der Waals surface area contributed by atoms with Crippen LogP contribution in [0, 0.1) is 5.92 Å². The fraction of sp³-hybridized carbons (Fsp3) is 0.800. The number of hydrogen-bond acceptors (Lipinski definition) is 1. The first-order chi connectivity index (χ1) is 5.33. The van der Waals surface area contributed by atoms with Crippen LogP contribution in [0.1, 0.15) is 45.4 Å². The number of allylic oxidation sites excluding steroid dienone is 2. The summed E-state index contributed by atoms with van der Waals surface area (Å²) in [5, 5.41) is 0. The van der Waals surface area contributed by atoms with Gasteiger partial charge >= 0.3 is 0 Å². The first-order valence-electron chi connectivity index (χ1n) is 4.73. The van der Waals surface area contributed by atoms with Gasteiger partial charge in [-0.3, -0.25) is 0 Å². The zero-order valence-corrected chi connectivity index (χ0v) is 7.47. The Bertz CT molecular complexity index is 132. The lowest BCUT2D eigenvalue weighted by molar-refractivity contribution is 0.355. The molecule has 11 heavy (non-hydrogen) atoms. The van der Waals surface area contributed by atoms with Gasteiger partial charge in [0.2, 0.25) is 0 Å². The molecule has 1 saturated carbocycles. The summed E-state index contributed by atoms with van der Waals surface area (Å²) in [5.41, 5.74) is 6.85. The SMILES string of the molecule is C/C=C(\N)CC1CCCCC1. The van der Waals surface area contributed by atoms with Crippen molar-refractivity contribution in [2.45, 2.75) is 45.4 Å². The summed E-state index contributed by atoms with van der Waals surface area (Å²) in [6, 6.07) is 0. The average Bonchev–Trinajstić information content (AvgIpc) is 2.06. The van der Waals surface area contributed by atoms with Crippen molar-refractivity contribution in [3.8, 4) is 0 Å². The molecule has 1 fully saturated rings. The van der Waals surface area contributed by atoms with Gasteiger partial charge in [0.25, 0.3) is 0 Å². The molecular weight excluding hydrogens is 134 g/mol. The largest absolute Gasteiger partial charge is 0.402 e. The fourth-order valence-corrected chi connectivity index (χ4v) is 1.84. The van der Waals surface area contributed by atoms with E-state index in [4.69, 9.17) is 5.73 Å². The molecule has 1 aliphatic rings. The Kier molecular flexibility index (Phi) is 3.47. The molecule has 0 atom stereocenters. The highest BCUT2D eigenvalue weighted by atomic mass is 14.6. The van der Waals surface area contributed by atoms with Crippen LogP contribution in [0.4, 0.5) is 0 Å². The first-order valence-corrected chi connectivity index (χ1v) is 4.73. The van der Waals surface area contributed by atoms with E-state index in [1.165, 1.54) is 32.1 Å². The van der Waals surface area contributed by atoms with Gasteiger partial charge in [-0.05, 0) is 19.3 Å². The van der Waals surface area contributed by atoms with Gasteiger partial charge < -0.3 is 5.73 Å². The molecule has 0 bridgehead atoms. The van der Waals surface area contributed by atoms with E-state index in [1.807, 2.05) is 13.0 Å². The second-order valence-electron chi connectivity index (χ2n) is 3.57. The molecule has 1 nitrogen and oxygen atoms in total. The highest BCUT2D eigenvalue weighted by molar-refractivity contribution is 4.95. The summed E-state index contributed by atoms with van der Waals surface area (Å²) in [4.78, 5) is 0. The smallest absolute Gasteiger partial charge is 0.00399 e. The average molecular weight is 153 g/mol. The van der Waals surface area contributed by atoms with Crippen LogP contribution in [0.3, 0.4) is 0 Å². The van der Waals surface area contributed by atoms with Crippen molar-refractivity contribution in [3.63, 3.8) is 0 Å². The highest BCUT2D eigenvalue weighted by Gasteiger charge is 2.13. The van der Waals surface area contributed by atoms with Crippen LogP contribution in [0.5, 0.6) is 0 Å². The quantitative estimate of drug-likeness (QED) is 0.648. The molecule has 0 heterocycles. The summed E-state index contributed by atoms with van der Waals surface area (Å²) in [7, 11) is 0. The van der Waals surface area contributed by atoms with E-state index in [1.54, 1.807) is 0 Å². The van der Waals surface area contributed by atoms with Crippen LogP contribution in [0.15, 0.2) is 11.8 Å². The Labute approximate surface area is 69.7 Å². The molecule has 0 aliphatic heterocycles. The van der Waals surface area contributed by atoms with Crippen LogP contribution >= 0.6 is 0 Å². The third-order valence-electron chi connectivity index (χ3n) is 2.62. The molecule has 0 aromatic carbocycles. The Morgan fingerprint density at radius 3 is 2.55 bits per heavy atom. The molecule has 0 aromatic heterocycles. The summed E-state index contributed by atoms with van der Waals surface area (Å²) in [6.45, 7) is 2.03. The van der Waals surface area contributed by atoms with Crippen LogP contribution in [0.25, 0.3) is 0 Å². The van der Waals surface area contributed by atoms with Gasteiger partial charge in [0, 0.05) is 5.70 Å². The normalized spacial score (nSPS) is 22.1. The van der Waals surface area contributed by atoms with Gasteiger partial charge in [0.15, 0.2) is 0 Å². The maximum Gasteiger partial charge on any atom is 0.00399 e. The van der Waals surface area contributed by atoms with E-state index in [2.05, 4.69) is 0 Å². The van der Waals surface area contributed by atoms with Crippen LogP contribution in [-0.4, -0.2) is 0 Å². The van der Waals surface area contributed by atoms with Crippen LogP contribution < -0.4 is 5.73 Å². The zero-order valence-electron chi connectivity index (χ0n) is 7.47. The monoisotopic (exact) mass is 153 g/mol. The molecule has 0 unspecified atom stereocenters. The zero-order chi connectivity index (χ0) is 8.10. The molecule has 1 aliphatic carbocycles. The summed E-state index contributed by atoms with van der Waals surface area (Å²) in [5.74, 6) is 0.889. The molecule has 1 rings (SSSR count). The third kappa shape index (κ3) is 2.96. The van der Waals surface area contributed by atoms with E-state index in [0.717, 1.165) is 18.0 Å². The van der Waals surface area contributed by atoms with Gasteiger partial charge in [-0.25, -0.2) is 0 Å². The first kappa shape index (κ1) is 8.63. The Morgan fingerprint density at radius 2 is 2.00 bits per heavy atom. The summed E-state index contributed by atoms with van der Waals surface area (Å²) >= 11 is 0. The van der Waals surface area contributed by atoms with Crippen molar-refractivity contribution in [2.75, 3.05) is 0 Å². The van der Waals surface area contributed by atoms with Gasteiger partial charge in [-0.2, -0.15) is 0 Å². The van der Waals surface area contributed by atoms with Crippen molar-refractivity contribution in [3.05, 3.63) is 11.8 Å². The second-order valence-corrected chi connectivity index (χ2v) is 3.57. The predicted molar refractivity (Wildman–Crippen MR) is 49.1 cm³/mol. The minimum absolute atomic E-state index is 0.889. The lowest BCUT2D eigenvalue weighted by Crippen LogP contribution is -2.10. The molecule has 1 heteroatoms. The van der Waals surface area contributed by atoms with E-state index in [-0.39, 0.29) is 0 Å². The lowest BCUT2D eigenvalue weighted by Gasteiger charge is -2.21. The van der Waals surface area contributed by atoms with Crippen molar-refractivity contribution >= 4 is 0 Å².